The molecule has 0 unspecified atom stereocenters. The number of carbonyl (C=O) groups excluding carboxylic acids is 1. The van der Waals surface area contributed by atoms with Crippen LogP contribution in [0.25, 0.3) is 10.9 Å². The van der Waals surface area contributed by atoms with E-state index in [9.17, 15) is 9.18 Å². The number of piperazine rings is 1. The Morgan fingerprint density at radius 2 is 1.75 bits per heavy atom. The number of fused-ring (bicyclic) bond motifs is 1. The highest BCUT2D eigenvalue weighted by molar-refractivity contribution is 6.06. The van der Waals surface area contributed by atoms with Gasteiger partial charge in [0.15, 0.2) is 0 Å². The van der Waals surface area contributed by atoms with Gasteiger partial charge in [0.25, 0.3) is 5.91 Å². The third kappa shape index (κ3) is 3.87. The van der Waals surface area contributed by atoms with Crippen LogP contribution in [-0.4, -0.2) is 48.0 Å². The number of H-pyrrole nitrogens is 1. The van der Waals surface area contributed by atoms with Gasteiger partial charge in [-0.2, -0.15) is 0 Å². The number of nitrogens with zero attached hydrogens (tertiary/aromatic N) is 2. The highest BCUT2D eigenvalue weighted by atomic mass is 19.1. The molecule has 146 valence electrons. The highest BCUT2D eigenvalue weighted by Crippen LogP contribution is 2.24. The number of halogens is 1. The number of rotatable bonds is 4. The number of hydrogen-bond acceptors (Lipinski definition) is 3. The summed E-state index contributed by atoms with van der Waals surface area (Å²) in [4.78, 5) is 20.6. The molecule has 2 aromatic carbocycles. The van der Waals surface area contributed by atoms with Crippen LogP contribution < -0.4 is 10.2 Å². The zero-order chi connectivity index (χ0) is 19.7. The molecule has 4 rings (SSSR count). The van der Waals surface area contributed by atoms with Crippen molar-refractivity contribution in [2.24, 2.45) is 0 Å². The number of hydrogen-bond donors (Lipinski definition) is 2. The third-order valence-electron chi connectivity index (χ3n) is 5.36. The largest absolute Gasteiger partial charge is 0.369 e. The number of amides is 1. The summed E-state index contributed by atoms with van der Waals surface area (Å²) in [6.07, 6.45) is 0. The molecular weight excluding hydrogens is 355 g/mol. The fourth-order valence-electron chi connectivity index (χ4n) is 3.67. The number of nitrogens with one attached hydrogen (secondary N) is 2. The lowest BCUT2D eigenvalue weighted by Gasteiger charge is -2.38. The van der Waals surface area contributed by atoms with E-state index in [1.54, 1.807) is 12.1 Å². The van der Waals surface area contributed by atoms with E-state index in [0.29, 0.717) is 17.4 Å². The van der Waals surface area contributed by atoms with E-state index in [0.717, 1.165) is 37.1 Å². The van der Waals surface area contributed by atoms with Gasteiger partial charge in [0.2, 0.25) is 0 Å². The van der Waals surface area contributed by atoms with Crippen molar-refractivity contribution < 1.29 is 9.18 Å². The molecule has 5 nitrogen and oxygen atoms in total. The summed E-state index contributed by atoms with van der Waals surface area (Å²) >= 11 is 0. The molecule has 3 aromatic rings. The second-order valence-electron chi connectivity index (χ2n) is 7.53. The molecule has 0 saturated carbocycles. The van der Waals surface area contributed by atoms with Gasteiger partial charge in [-0.25, -0.2) is 4.39 Å². The SMILES string of the molecule is CC(C)N1CCN(c2ccc3[nH]c(C(=O)Nc4ccc(F)cc4)cc3c2)CC1. The van der Waals surface area contributed by atoms with Gasteiger partial charge < -0.3 is 15.2 Å². The minimum absolute atomic E-state index is 0.241. The molecule has 0 aliphatic carbocycles. The van der Waals surface area contributed by atoms with Crippen molar-refractivity contribution in [2.75, 3.05) is 36.4 Å². The molecule has 6 heteroatoms. The number of anilines is 2. The van der Waals surface area contributed by atoms with Crippen LogP contribution in [-0.2, 0) is 0 Å². The number of aromatic nitrogens is 1. The van der Waals surface area contributed by atoms with Crippen molar-refractivity contribution in [3.63, 3.8) is 0 Å². The van der Waals surface area contributed by atoms with Gasteiger partial charge in [-0.1, -0.05) is 0 Å². The first-order valence-electron chi connectivity index (χ1n) is 9.68. The second kappa shape index (κ2) is 7.64. The molecule has 2 N–H and O–H groups in total. The number of aromatic amines is 1. The van der Waals surface area contributed by atoms with Crippen molar-refractivity contribution in [1.82, 2.24) is 9.88 Å². The average molecular weight is 380 g/mol. The Kier molecular flexibility index (Phi) is 5.05. The Morgan fingerprint density at radius 3 is 2.43 bits per heavy atom. The maximum Gasteiger partial charge on any atom is 0.272 e. The van der Waals surface area contributed by atoms with Gasteiger partial charge in [-0.05, 0) is 62.4 Å². The molecule has 1 aliphatic rings. The fourth-order valence-corrected chi connectivity index (χ4v) is 3.67. The first-order chi connectivity index (χ1) is 13.5. The fraction of sp³-hybridized carbons (Fsp3) is 0.318. The quantitative estimate of drug-likeness (QED) is 0.717. The van der Waals surface area contributed by atoms with Gasteiger partial charge >= 0.3 is 0 Å². The van der Waals surface area contributed by atoms with Gasteiger partial charge in [0.1, 0.15) is 11.5 Å². The van der Waals surface area contributed by atoms with Gasteiger partial charge in [0, 0.05) is 54.5 Å². The van der Waals surface area contributed by atoms with Crippen molar-refractivity contribution in [3.05, 3.63) is 60.0 Å². The molecule has 0 radical (unpaired) electrons. The van der Waals surface area contributed by atoms with Crippen LogP contribution in [0.4, 0.5) is 15.8 Å². The minimum atomic E-state index is -0.328. The molecule has 0 spiro atoms. The van der Waals surface area contributed by atoms with Gasteiger partial charge in [-0.15, -0.1) is 0 Å². The maximum absolute atomic E-state index is 13.0. The van der Waals surface area contributed by atoms with Crippen molar-refractivity contribution in [2.45, 2.75) is 19.9 Å². The number of benzene rings is 2. The Morgan fingerprint density at radius 1 is 1.04 bits per heavy atom. The van der Waals surface area contributed by atoms with E-state index in [2.05, 4.69) is 46.1 Å². The molecule has 1 fully saturated rings. The molecule has 28 heavy (non-hydrogen) atoms. The number of carbonyl (C=O) groups is 1. The molecule has 1 saturated heterocycles. The second-order valence-corrected chi connectivity index (χ2v) is 7.53. The first-order valence-corrected chi connectivity index (χ1v) is 9.68. The van der Waals surface area contributed by atoms with Crippen LogP contribution in [0, 0.1) is 5.82 Å². The smallest absolute Gasteiger partial charge is 0.272 e. The molecule has 1 amide bonds. The van der Waals surface area contributed by atoms with Crippen LogP contribution in [0.1, 0.15) is 24.3 Å². The predicted molar refractivity (Wildman–Crippen MR) is 112 cm³/mol. The van der Waals surface area contributed by atoms with E-state index in [-0.39, 0.29) is 11.7 Å². The minimum Gasteiger partial charge on any atom is -0.369 e. The summed E-state index contributed by atoms with van der Waals surface area (Å²) in [6.45, 7) is 8.61. The predicted octanol–water partition coefficient (Wildman–Crippen LogP) is 4.09. The van der Waals surface area contributed by atoms with E-state index < -0.39 is 0 Å². The third-order valence-corrected chi connectivity index (χ3v) is 5.36. The maximum atomic E-state index is 13.0. The summed E-state index contributed by atoms with van der Waals surface area (Å²) < 4.78 is 13.0. The zero-order valence-corrected chi connectivity index (χ0v) is 16.2. The Labute approximate surface area is 164 Å². The van der Waals surface area contributed by atoms with E-state index in [1.807, 2.05) is 12.1 Å². The summed E-state index contributed by atoms with van der Waals surface area (Å²) in [5, 5.41) is 3.79. The van der Waals surface area contributed by atoms with Crippen LogP contribution >= 0.6 is 0 Å². The Hall–Kier alpha value is -2.86. The Bertz CT molecular complexity index is 972. The highest BCUT2D eigenvalue weighted by Gasteiger charge is 2.19. The van der Waals surface area contributed by atoms with Crippen LogP contribution in [0.3, 0.4) is 0 Å². The lowest BCUT2D eigenvalue weighted by atomic mass is 10.2. The lowest BCUT2D eigenvalue weighted by Crippen LogP contribution is -2.48. The summed E-state index contributed by atoms with van der Waals surface area (Å²) in [5.41, 5.74) is 3.16. The van der Waals surface area contributed by atoms with Crippen molar-refractivity contribution in [1.29, 1.82) is 0 Å². The monoisotopic (exact) mass is 380 g/mol. The lowest BCUT2D eigenvalue weighted by molar-refractivity contribution is 0.102. The molecule has 1 aliphatic heterocycles. The van der Waals surface area contributed by atoms with Crippen molar-refractivity contribution in [3.8, 4) is 0 Å². The molecule has 2 heterocycles. The van der Waals surface area contributed by atoms with Crippen LogP contribution in [0.15, 0.2) is 48.5 Å². The summed E-state index contributed by atoms with van der Waals surface area (Å²) in [6, 6.07) is 14.4. The first kappa shape index (κ1) is 18.5. The van der Waals surface area contributed by atoms with Crippen molar-refractivity contribution >= 4 is 28.2 Å². The van der Waals surface area contributed by atoms with Crippen LogP contribution in [0.5, 0.6) is 0 Å². The molecule has 1 aromatic heterocycles. The van der Waals surface area contributed by atoms with Crippen LogP contribution in [0.2, 0.25) is 0 Å². The van der Waals surface area contributed by atoms with Gasteiger partial charge in [-0.3, -0.25) is 9.69 Å². The molecule has 0 atom stereocenters. The normalized spacial score (nSPS) is 15.4. The van der Waals surface area contributed by atoms with E-state index in [1.165, 1.54) is 17.8 Å². The zero-order valence-electron chi connectivity index (χ0n) is 16.2. The molecular formula is C22H25FN4O. The van der Waals surface area contributed by atoms with E-state index in [4.69, 9.17) is 0 Å². The average Bonchev–Trinajstić information content (AvgIpc) is 3.13. The topological polar surface area (TPSA) is 51.4 Å². The summed E-state index contributed by atoms with van der Waals surface area (Å²) in [7, 11) is 0. The Balaban J connectivity index is 1.49. The summed E-state index contributed by atoms with van der Waals surface area (Å²) in [5.74, 6) is -0.569. The van der Waals surface area contributed by atoms with Gasteiger partial charge in [0.05, 0.1) is 0 Å². The van der Waals surface area contributed by atoms with E-state index >= 15 is 0 Å². The molecule has 0 bridgehead atoms. The standard InChI is InChI=1S/C22H25FN4O/c1-15(2)26-9-11-27(12-10-26)19-7-8-20-16(13-19)14-21(25-20)22(28)24-18-5-3-17(23)4-6-18/h3-8,13-15,25H,9-12H2,1-2H3,(H,24,28).